The van der Waals surface area contributed by atoms with Crippen LogP contribution in [0.25, 0.3) is 0 Å². The SMILES string of the molecule is O=C(O)C1(C(F)(F)F)OC(F)(F)C(F)(CF)O1. The van der Waals surface area contributed by atoms with E-state index in [9.17, 15) is 35.5 Å². The van der Waals surface area contributed by atoms with Crippen molar-refractivity contribution in [1.29, 1.82) is 0 Å². The second kappa shape index (κ2) is 3.45. The minimum Gasteiger partial charge on any atom is -0.477 e. The van der Waals surface area contributed by atoms with Gasteiger partial charge in [0.15, 0.2) is 6.67 Å². The minimum absolute atomic E-state index is 2.72. The van der Waals surface area contributed by atoms with Gasteiger partial charge in [0, 0.05) is 0 Å². The summed E-state index contributed by atoms with van der Waals surface area (Å²) in [6.45, 7) is -2.72. The summed E-state index contributed by atoms with van der Waals surface area (Å²) in [5.74, 6) is -12.8. The van der Waals surface area contributed by atoms with Gasteiger partial charge in [0.1, 0.15) is 0 Å². The van der Waals surface area contributed by atoms with Gasteiger partial charge < -0.3 is 5.11 Å². The number of carboxylic acids is 1. The lowest BCUT2D eigenvalue weighted by atomic mass is 10.3. The number of carboxylic acid groups (broad SMARTS) is 1. The molecule has 1 fully saturated rings. The summed E-state index contributed by atoms with van der Waals surface area (Å²) in [5.41, 5.74) is 0. The van der Waals surface area contributed by atoms with Crippen LogP contribution < -0.4 is 0 Å². The topological polar surface area (TPSA) is 55.8 Å². The van der Waals surface area contributed by atoms with Crippen molar-refractivity contribution < 1.29 is 50.1 Å². The number of alkyl halides is 7. The Balaban J connectivity index is 3.30. The standard InChI is InChI=1S/C6H3F7O4/c7-1-3(8)6(12,13)17-4(16-3,2(14)15)5(9,10)11/h1H2,(H,14,15). The molecule has 0 amide bonds. The Labute approximate surface area is 87.9 Å². The van der Waals surface area contributed by atoms with E-state index in [1.54, 1.807) is 0 Å². The zero-order valence-electron chi connectivity index (χ0n) is 7.52. The highest BCUT2D eigenvalue weighted by Crippen LogP contribution is 2.53. The number of halogens is 7. The smallest absolute Gasteiger partial charge is 0.455 e. The number of aliphatic carboxylic acids is 1. The molecular weight excluding hydrogens is 269 g/mol. The van der Waals surface area contributed by atoms with Gasteiger partial charge in [-0.1, -0.05) is 0 Å². The molecule has 100 valence electrons. The maximum Gasteiger partial charge on any atom is 0.455 e. The van der Waals surface area contributed by atoms with Crippen molar-refractivity contribution in [3.63, 3.8) is 0 Å². The maximum atomic E-state index is 13.0. The predicted octanol–water partition coefficient (Wildman–Crippen LogP) is 1.60. The van der Waals surface area contributed by atoms with E-state index in [0.717, 1.165) is 0 Å². The largest absolute Gasteiger partial charge is 0.477 e. The van der Waals surface area contributed by atoms with E-state index in [4.69, 9.17) is 5.11 Å². The van der Waals surface area contributed by atoms with Gasteiger partial charge in [-0.25, -0.2) is 9.18 Å². The molecular formula is C6H3F7O4. The first-order chi connectivity index (χ1) is 7.42. The van der Waals surface area contributed by atoms with Crippen molar-refractivity contribution in [3.8, 4) is 0 Å². The second-order valence-corrected chi connectivity index (χ2v) is 3.00. The molecule has 0 aromatic rings. The number of hydrogen-bond donors (Lipinski definition) is 1. The van der Waals surface area contributed by atoms with E-state index >= 15 is 0 Å². The third-order valence-corrected chi connectivity index (χ3v) is 1.84. The molecule has 2 atom stereocenters. The number of hydrogen-bond acceptors (Lipinski definition) is 3. The van der Waals surface area contributed by atoms with Crippen molar-refractivity contribution in [2.75, 3.05) is 6.67 Å². The van der Waals surface area contributed by atoms with Gasteiger partial charge in [0.05, 0.1) is 0 Å². The zero-order valence-corrected chi connectivity index (χ0v) is 7.52. The Morgan fingerprint density at radius 1 is 1.18 bits per heavy atom. The molecule has 11 heteroatoms. The van der Waals surface area contributed by atoms with Crippen LogP contribution in [0.2, 0.25) is 0 Å². The van der Waals surface area contributed by atoms with E-state index < -0.39 is 36.6 Å². The molecule has 0 aliphatic carbocycles. The number of carbonyl (C=O) groups is 1. The molecule has 2 unspecified atom stereocenters. The van der Waals surface area contributed by atoms with Crippen LogP contribution in [0.15, 0.2) is 0 Å². The van der Waals surface area contributed by atoms with Crippen LogP contribution in [0.5, 0.6) is 0 Å². The molecule has 1 saturated heterocycles. The van der Waals surface area contributed by atoms with Gasteiger partial charge in [0.2, 0.25) is 0 Å². The number of rotatable bonds is 2. The first kappa shape index (κ1) is 14.0. The Morgan fingerprint density at radius 2 is 1.65 bits per heavy atom. The van der Waals surface area contributed by atoms with Crippen LogP contribution in [0.1, 0.15) is 0 Å². The fraction of sp³-hybridized carbons (Fsp3) is 0.833. The summed E-state index contributed by atoms with van der Waals surface area (Å²) >= 11 is 0. The monoisotopic (exact) mass is 272 g/mol. The third kappa shape index (κ3) is 1.73. The van der Waals surface area contributed by atoms with E-state index in [1.165, 1.54) is 0 Å². The van der Waals surface area contributed by atoms with Crippen LogP contribution in [0.3, 0.4) is 0 Å². The fourth-order valence-corrected chi connectivity index (χ4v) is 0.994. The van der Waals surface area contributed by atoms with E-state index in [1.807, 2.05) is 0 Å². The van der Waals surface area contributed by atoms with Crippen LogP contribution in [0.4, 0.5) is 30.7 Å². The molecule has 0 aromatic carbocycles. The van der Waals surface area contributed by atoms with Gasteiger partial charge >= 0.3 is 29.9 Å². The molecule has 0 saturated carbocycles. The lowest BCUT2D eigenvalue weighted by Crippen LogP contribution is -2.54. The van der Waals surface area contributed by atoms with Crippen molar-refractivity contribution in [2.45, 2.75) is 23.9 Å². The van der Waals surface area contributed by atoms with Gasteiger partial charge in [0.25, 0.3) is 0 Å². The van der Waals surface area contributed by atoms with Gasteiger partial charge in [-0.2, -0.15) is 26.3 Å². The van der Waals surface area contributed by atoms with Crippen molar-refractivity contribution in [1.82, 2.24) is 0 Å². The lowest BCUT2D eigenvalue weighted by Gasteiger charge is -2.24. The molecule has 0 bridgehead atoms. The molecule has 17 heavy (non-hydrogen) atoms. The summed E-state index contributed by atoms with van der Waals surface area (Å²) in [7, 11) is 0. The summed E-state index contributed by atoms with van der Waals surface area (Å²) in [5, 5.41) is 8.17. The summed E-state index contributed by atoms with van der Waals surface area (Å²) in [6.07, 6.45) is -11.4. The molecule has 1 aliphatic heterocycles. The summed E-state index contributed by atoms with van der Waals surface area (Å²) in [4.78, 5) is 10.3. The predicted molar refractivity (Wildman–Crippen MR) is 33.4 cm³/mol. The quantitative estimate of drug-likeness (QED) is 0.776. The molecule has 1 aliphatic rings. The zero-order chi connectivity index (χ0) is 13.7. The number of ether oxygens (including phenoxy) is 2. The van der Waals surface area contributed by atoms with Gasteiger partial charge in [-0.05, 0) is 0 Å². The van der Waals surface area contributed by atoms with E-state index in [-0.39, 0.29) is 0 Å². The molecule has 1 N–H and O–H groups in total. The first-order valence-electron chi connectivity index (χ1n) is 3.75. The Hall–Kier alpha value is -1.10. The van der Waals surface area contributed by atoms with Crippen LogP contribution in [-0.2, 0) is 14.3 Å². The van der Waals surface area contributed by atoms with Crippen molar-refractivity contribution >= 4 is 5.97 Å². The van der Waals surface area contributed by atoms with E-state index in [2.05, 4.69) is 9.47 Å². The highest BCUT2D eigenvalue weighted by Gasteiger charge is 2.82. The lowest BCUT2D eigenvalue weighted by molar-refractivity contribution is -0.364. The normalized spacial score (nSPS) is 37.1. The summed E-state index contributed by atoms with van der Waals surface area (Å²) < 4.78 is 92.7. The average molecular weight is 272 g/mol. The average Bonchev–Trinajstić information content (AvgIpc) is 2.35. The summed E-state index contributed by atoms with van der Waals surface area (Å²) in [6, 6.07) is 0. The molecule has 0 radical (unpaired) electrons. The highest BCUT2D eigenvalue weighted by molar-refractivity contribution is 5.77. The van der Waals surface area contributed by atoms with Crippen molar-refractivity contribution in [3.05, 3.63) is 0 Å². The minimum atomic E-state index is -6.02. The Morgan fingerprint density at radius 3 is 1.82 bits per heavy atom. The third-order valence-electron chi connectivity index (χ3n) is 1.84. The maximum absolute atomic E-state index is 13.0. The highest BCUT2D eigenvalue weighted by atomic mass is 19.4. The van der Waals surface area contributed by atoms with Gasteiger partial charge in [-0.3, -0.25) is 9.47 Å². The van der Waals surface area contributed by atoms with Crippen LogP contribution in [-0.4, -0.2) is 41.7 Å². The molecule has 0 spiro atoms. The Kier molecular flexibility index (Phi) is 2.83. The molecule has 0 aromatic heterocycles. The Bertz CT molecular complexity index is 342. The fourth-order valence-electron chi connectivity index (χ4n) is 0.994. The second-order valence-electron chi connectivity index (χ2n) is 3.00. The molecule has 4 nitrogen and oxygen atoms in total. The molecule has 1 rings (SSSR count). The van der Waals surface area contributed by atoms with Crippen LogP contribution in [0, 0.1) is 0 Å². The van der Waals surface area contributed by atoms with Gasteiger partial charge in [-0.15, -0.1) is 0 Å². The van der Waals surface area contributed by atoms with E-state index in [0.29, 0.717) is 0 Å². The van der Waals surface area contributed by atoms with Crippen LogP contribution >= 0.6 is 0 Å². The van der Waals surface area contributed by atoms with Crippen molar-refractivity contribution in [2.24, 2.45) is 0 Å². The first-order valence-corrected chi connectivity index (χ1v) is 3.75. The molecule has 1 heterocycles.